The summed E-state index contributed by atoms with van der Waals surface area (Å²) in [5, 5.41) is 2.96. The van der Waals surface area contributed by atoms with E-state index < -0.39 is 0 Å². The lowest BCUT2D eigenvalue weighted by molar-refractivity contribution is 0.0283. The Kier molecular flexibility index (Phi) is 7.63. The first kappa shape index (κ1) is 16.9. The van der Waals surface area contributed by atoms with Crippen molar-refractivity contribution in [3.8, 4) is 0 Å². The molecule has 0 saturated carbocycles. The van der Waals surface area contributed by atoms with E-state index in [4.69, 9.17) is 9.47 Å². The van der Waals surface area contributed by atoms with Gasteiger partial charge in [0.15, 0.2) is 0 Å². The monoisotopic (exact) mass is 317 g/mol. The number of ether oxygens (including phenoxy) is 2. The number of carbonyl (C=O) groups is 1. The largest absolute Gasteiger partial charge is 0.383 e. The summed E-state index contributed by atoms with van der Waals surface area (Å²) in [4.78, 5) is 16.8. The highest BCUT2D eigenvalue weighted by Crippen LogP contribution is 2.18. The molecule has 2 rings (SSSR count). The van der Waals surface area contributed by atoms with E-state index in [0.29, 0.717) is 13.2 Å². The number of rotatable bonds is 5. The fraction of sp³-hybridized carbons (Fsp3) is 0.929. The fourth-order valence-corrected chi connectivity index (χ4v) is 3.75. The minimum absolute atomic E-state index is 0.0489. The molecule has 1 atom stereocenters. The Labute approximate surface area is 131 Å². The molecule has 2 aliphatic rings. The van der Waals surface area contributed by atoms with Gasteiger partial charge in [0.2, 0.25) is 0 Å². The lowest BCUT2D eigenvalue weighted by Gasteiger charge is -2.35. The number of methoxy groups -OCH3 is 1. The van der Waals surface area contributed by atoms with Crippen LogP contribution in [-0.2, 0) is 9.47 Å². The second-order valence-corrected chi connectivity index (χ2v) is 6.56. The third-order valence-corrected chi connectivity index (χ3v) is 5.05. The average molecular weight is 317 g/mol. The summed E-state index contributed by atoms with van der Waals surface area (Å²) < 4.78 is 10.4. The lowest BCUT2D eigenvalue weighted by Crippen LogP contribution is -2.53. The number of thioether (sulfide) groups is 1. The molecule has 0 aromatic carbocycles. The van der Waals surface area contributed by atoms with Gasteiger partial charge < -0.3 is 19.7 Å². The maximum atomic E-state index is 12.4. The van der Waals surface area contributed by atoms with Crippen molar-refractivity contribution in [2.45, 2.75) is 12.5 Å². The Bertz CT molecular complexity index is 314. The molecular weight excluding hydrogens is 290 g/mol. The normalized spacial score (nSPS) is 24.6. The molecule has 6 nitrogen and oxygen atoms in total. The smallest absolute Gasteiger partial charge is 0.317 e. The van der Waals surface area contributed by atoms with E-state index in [-0.39, 0.29) is 12.1 Å². The predicted octanol–water partition coefficient (Wildman–Crippen LogP) is 0.482. The number of nitrogens with zero attached hydrogens (tertiary/aromatic N) is 2. The molecule has 0 spiro atoms. The van der Waals surface area contributed by atoms with Crippen molar-refractivity contribution >= 4 is 17.8 Å². The van der Waals surface area contributed by atoms with Crippen LogP contribution in [0.4, 0.5) is 4.79 Å². The van der Waals surface area contributed by atoms with Gasteiger partial charge in [-0.15, -0.1) is 0 Å². The number of morpholine rings is 1. The van der Waals surface area contributed by atoms with Crippen molar-refractivity contribution in [1.82, 2.24) is 15.1 Å². The van der Waals surface area contributed by atoms with Crippen molar-refractivity contribution in [3.05, 3.63) is 0 Å². The molecule has 21 heavy (non-hydrogen) atoms. The Balaban J connectivity index is 1.88. The number of urea groups is 1. The molecule has 1 unspecified atom stereocenters. The molecule has 2 heterocycles. The molecule has 2 amide bonds. The van der Waals surface area contributed by atoms with Gasteiger partial charge in [-0.1, -0.05) is 0 Å². The molecule has 2 fully saturated rings. The Morgan fingerprint density at radius 3 is 2.95 bits per heavy atom. The Hall–Kier alpha value is -0.500. The van der Waals surface area contributed by atoms with E-state index in [1.54, 1.807) is 7.11 Å². The predicted molar refractivity (Wildman–Crippen MR) is 85.0 cm³/mol. The van der Waals surface area contributed by atoms with Gasteiger partial charge in [-0.2, -0.15) is 11.8 Å². The first-order valence-electron chi connectivity index (χ1n) is 7.72. The maximum absolute atomic E-state index is 12.4. The zero-order chi connectivity index (χ0) is 14.9. The molecule has 0 aromatic rings. The summed E-state index contributed by atoms with van der Waals surface area (Å²) in [6, 6.07) is 0.339. The van der Waals surface area contributed by atoms with Crippen LogP contribution in [0.25, 0.3) is 0 Å². The van der Waals surface area contributed by atoms with E-state index in [0.717, 1.165) is 57.3 Å². The molecule has 7 heteroatoms. The second kappa shape index (κ2) is 9.50. The van der Waals surface area contributed by atoms with Crippen LogP contribution in [0.5, 0.6) is 0 Å². The van der Waals surface area contributed by atoms with Gasteiger partial charge in [0.1, 0.15) is 0 Å². The number of carbonyl (C=O) groups excluding carboxylic acids is 1. The minimum atomic E-state index is 0.0489. The van der Waals surface area contributed by atoms with E-state index in [2.05, 4.69) is 10.2 Å². The molecular formula is C14H27N3O3S. The highest BCUT2D eigenvalue weighted by molar-refractivity contribution is 7.99. The number of nitrogens with one attached hydrogen (secondary N) is 1. The Morgan fingerprint density at radius 2 is 2.19 bits per heavy atom. The summed E-state index contributed by atoms with van der Waals surface area (Å²) >= 11 is 1.96. The van der Waals surface area contributed by atoms with Crippen LogP contribution >= 0.6 is 11.8 Å². The number of amides is 2. The third-order valence-electron chi connectivity index (χ3n) is 3.85. The maximum Gasteiger partial charge on any atom is 0.317 e. The highest BCUT2D eigenvalue weighted by Gasteiger charge is 2.27. The zero-order valence-corrected chi connectivity index (χ0v) is 13.7. The highest BCUT2D eigenvalue weighted by atomic mass is 32.2. The Morgan fingerprint density at radius 1 is 1.38 bits per heavy atom. The van der Waals surface area contributed by atoms with Gasteiger partial charge in [0, 0.05) is 45.6 Å². The molecule has 2 saturated heterocycles. The molecule has 0 aliphatic carbocycles. The summed E-state index contributed by atoms with van der Waals surface area (Å²) in [5.74, 6) is 2.16. The standard InChI is InChI=1S/C14H27N3O3S/c1-19-7-3-15-14(18)17-4-2-10-21-12-13(17)11-16-5-8-20-9-6-16/h13H,2-12H2,1H3,(H,15,18). The second-order valence-electron chi connectivity index (χ2n) is 5.41. The van der Waals surface area contributed by atoms with Crippen molar-refractivity contribution < 1.29 is 14.3 Å². The van der Waals surface area contributed by atoms with Crippen molar-refractivity contribution in [2.75, 3.05) is 71.2 Å². The van der Waals surface area contributed by atoms with E-state index in [9.17, 15) is 4.79 Å². The fourth-order valence-electron chi connectivity index (χ4n) is 2.69. The van der Waals surface area contributed by atoms with Crippen LogP contribution in [0.3, 0.4) is 0 Å². The quantitative estimate of drug-likeness (QED) is 0.748. The first-order chi connectivity index (χ1) is 10.3. The zero-order valence-electron chi connectivity index (χ0n) is 12.9. The van der Waals surface area contributed by atoms with Gasteiger partial charge >= 0.3 is 6.03 Å². The van der Waals surface area contributed by atoms with E-state index >= 15 is 0 Å². The van der Waals surface area contributed by atoms with Gasteiger partial charge in [-0.25, -0.2) is 4.79 Å². The summed E-state index contributed by atoms with van der Waals surface area (Å²) in [6.45, 7) is 6.49. The van der Waals surface area contributed by atoms with Gasteiger partial charge in [-0.3, -0.25) is 4.90 Å². The van der Waals surface area contributed by atoms with Crippen molar-refractivity contribution in [3.63, 3.8) is 0 Å². The van der Waals surface area contributed by atoms with Crippen LogP contribution in [0.2, 0.25) is 0 Å². The molecule has 0 aromatic heterocycles. The van der Waals surface area contributed by atoms with Gasteiger partial charge in [0.25, 0.3) is 0 Å². The summed E-state index contributed by atoms with van der Waals surface area (Å²) in [5.41, 5.74) is 0. The molecule has 0 radical (unpaired) electrons. The van der Waals surface area contributed by atoms with E-state index in [1.165, 1.54) is 0 Å². The van der Waals surface area contributed by atoms with Gasteiger partial charge in [-0.05, 0) is 12.2 Å². The number of hydrogen-bond donors (Lipinski definition) is 1. The summed E-state index contributed by atoms with van der Waals surface area (Å²) in [7, 11) is 1.65. The third kappa shape index (κ3) is 5.65. The van der Waals surface area contributed by atoms with Crippen LogP contribution in [0.15, 0.2) is 0 Å². The van der Waals surface area contributed by atoms with Crippen LogP contribution in [-0.4, -0.2) is 93.0 Å². The average Bonchev–Trinajstić information content (AvgIpc) is 2.74. The number of hydrogen-bond acceptors (Lipinski definition) is 5. The van der Waals surface area contributed by atoms with Crippen molar-refractivity contribution in [2.24, 2.45) is 0 Å². The lowest BCUT2D eigenvalue weighted by atomic mass is 10.2. The molecule has 122 valence electrons. The molecule has 1 N–H and O–H groups in total. The van der Waals surface area contributed by atoms with E-state index in [1.807, 2.05) is 16.7 Å². The topological polar surface area (TPSA) is 54.0 Å². The van der Waals surface area contributed by atoms with Crippen LogP contribution < -0.4 is 5.32 Å². The first-order valence-corrected chi connectivity index (χ1v) is 8.88. The van der Waals surface area contributed by atoms with Crippen LogP contribution in [0.1, 0.15) is 6.42 Å². The molecule has 2 aliphatic heterocycles. The van der Waals surface area contributed by atoms with Gasteiger partial charge in [0.05, 0.1) is 25.9 Å². The SMILES string of the molecule is COCCNC(=O)N1CCCSCC1CN1CCOCC1. The molecule has 0 bridgehead atoms. The van der Waals surface area contributed by atoms with Crippen LogP contribution in [0, 0.1) is 0 Å². The van der Waals surface area contributed by atoms with Crippen molar-refractivity contribution in [1.29, 1.82) is 0 Å². The summed E-state index contributed by atoms with van der Waals surface area (Å²) in [6.07, 6.45) is 1.07. The minimum Gasteiger partial charge on any atom is -0.383 e.